The number of nitrogens with zero attached hydrogens (tertiary/aromatic N) is 5. The standard InChI is InChI=1S/C27H28FN5O5S3/c1-17(2)15-31(16-18(3)4)41(37,38)22-9-5-19(6-10-22)26(34)32(29-14-21-8-12-25(39-21)33(35)36)27-30-23-11-7-20(28)13-24(23)40-27/h5-14,17-18H,15-16H2,1-4H3/b29-14+. The molecular weight excluding hydrogens is 590 g/mol. The van der Waals surface area contributed by atoms with Gasteiger partial charge in [-0.1, -0.05) is 50.4 Å². The molecule has 41 heavy (non-hydrogen) atoms. The van der Waals surface area contributed by atoms with E-state index in [1.165, 1.54) is 65.1 Å². The van der Waals surface area contributed by atoms with Crippen molar-refractivity contribution >= 4 is 65.2 Å². The van der Waals surface area contributed by atoms with Crippen LogP contribution in [0.5, 0.6) is 0 Å². The van der Waals surface area contributed by atoms with Crippen LogP contribution in [0.1, 0.15) is 42.9 Å². The van der Waals surface area contributed by atoms with Crippen LogP contribution in [0, 0.1) is 27.8 Å². The molecule has 0 N–H and O–H groups in total. The van der Waals surface area contributed by atoms with E-state index in [4.69, 9.17) is 0 Å². The molecule has 4 rings (SSSR count). The van der Waals surface area contributed by atoms with Gasteiger partial charge in [-0.2, -0.15) is 14.4 Å². The van der Waals surface area contributed by atoms with Crippen molar-refractivity contribution in [2.45, 2.75) is 32.6 Å². The summed E-state index contributed by atoms with van der Waals surface area (Å²) < 4.78 is 42.5. The third-order valence-corrected chi connectivity index (χ3v) is 9.49. The van der Waals surface area contributed by atoms with E-state index in [1.54, 1.807) is 0 Å². The topological polar surface area (TPSA) is 126 Å². The molecule has 0 bridgehead atoms. The number of hydrogen-bond acceptors (Lipinski definition) is 9. The van der Waals surface area contributed by atoms with Gasteiger partial charge in [0.25, 0.3) is 5.91 Å². The van der Waals surface area contributed by atoms with Crippen molar-refractivity contribution in [3.8, 4) is 0 Å². The molecule has 0 radical (unpaired) electrons. The van der Waals surface area contributed by atoms with Crippen molar-refractivity contribution in [3.05, 3.63) is 81.0 Å². The van der Waals surface area contributed by atoms with Crippen LogP contribution in [0.3, 0.4) is 0 Å². The average Bonchev–Trinajstić information content (AvgIpc) is 3.55. The first-order valence-electron chi connectivity index (χ1n) is 12.6. The number of anilines is 1. The Labute approximate surface area is 245 Å². The van der Waals surface area contributed by atoms with Crippen LogP contribution < -0.4 is 5.01 Å². The summed E-state index contributed by atoms with van der Waals surface area (Å²) >= 11 is 1.93. The van der Waals surface area contributed by atoms with Crippen molar-refractivity contribution in [1.29, 1.82) is 0 Å². The molecule has 10 nitrogen and oxygen atoms in total. The lowest BCUT2D eigenvalue weighted by Gasteiger charge is -2.25. The van der Waals surface area contributed by atoms with Crippen molar-refractivity contribution in [2.24, 2.45) is 16.9 Å². The summed E-state index contributed by atoms with van der Waals surface area (Å²) in [5.41, 5.74) is 0.603. The number of thiophene rings is 1. The molecular formula is C27H28FN5O5S3. The smallest absolute Gasteiger partial charge is 0.267 e. The van der Waals surface area contributed by atoms with Gasteiger partial charge in [0.1, 0.15) is 5.82 Å². The fourth-order valence-electron chi connectivity index (χ4n) is 3.92. The van der Waals surface area contributed by atoms with E-state index in [-0.39, 0.29) is 32.4 Å². The van der Waals surface area contributed by atoms with Crippen LogP contribution in [0.2, 0.25) is 0 Å². The van der Waals surface area contributed by atoms with Gasteiger partial charge >= 0.3 is 5.00 Å². The van der Waals surface area contributed by atoms with Gasteiger partial charge in [0.2, 0.25) is 15.2 Å². The highest BCUT2D eigenvalue weighted by Gasteiger charge is 2.27. The maximum absolute atomic E-state index is 13.8. The second-order valence-corrected chi connectivity index (χ2v) is 14.1. The lowest BCUT2D eigenvalue weighted by Crippen LogP contribution is -2.37. The summed E-state index contributed by atoms with van der Waals surface area (Å²) in [7, 11) is -3.80. The van der Waals surface area contributed by atoms with E-state index < -0.39 is 26.7 Å². The van der Waals surface area contributed by atoms with E-state index in [1.807, 2.05) is 27.7 Å². The quantitative estimate of drug-likeness (QED) is 0.109. The van der Waals surface area contributed by atoms with E-state index >= 15 is 0 Å². The number of nitro groups is 1. The molecule has 2 heterocycles. The highest BCUT2D eigenvalue weighted by Crippen LogP contribution is 2.31. The number of hydrazone groups is 1. The highest BCUT2D eigenvalue weighted by atomic mass is 32.2. The molecule has 0 aliphatic rings. The third kappa shape index (κ3) is 7.19. The van der Waals surface area contributed by atoms with Gasteiger partial charge in [-0.15, -0.1) is 0 Å². The van der Waals surface area contributed by atoms with Gasteiger partial charge < -0.3 is 0 Å². The Hall–Kier alpha value is -3.59. The second kappa shape index (κ2) is 12.5. The molecule has 216 valence electrons. The molecule has 0 saturated heterocycles. The van der Waals surface area contributed by atoms with E-state index in [9.17, 15) is 27.7 Å². The van der Waals surface area contributed by atoms with Crippen LogP contribution >= 0.6 is 22.7 Å². The van der Waals surface area contributed by atoms with Crippen LogP contribution in [0.25, 0.3) is 10.2 Å². The number of rotatable bonds is 11. The van der Waals surface area contributed by atoms with Gasteiger partial charge in [-0.25, -0.2) is 17.8 Å². The number of aromatic nitrogens is 1. The van der Waals surface area contributed by atoms with Crippen molar-refractivity contribution in [2.75, 3.05) is 18.1 Å². The number of benzene rings is 2. The van der Waals surface area contributed by atoms with Gasteiger partial charge in [0.05, 0.1) is 31.1 Å². The van der Waals surface area contributed by atoms with Crippen LogP contribution in [0.4, 0.5) is 14.5 Å². The molecule has 0 fully saturated rings. The zero-order valence-corrected chi connectivity index (χ0v) is 25.2. The zero-order chi connectivity index (χ0) is 29.9. The van der Waals surface area contributed by atoms with Crippen molar-refractivity contribution < 1.29 is 22.5 Å². The summed E-state index contributed by atoms with van der Waals surface area (Å²) in [4.78, 5) is 29.1. The Morgan fingerprint density at radius 2 is 1.71 bits per heavy atom. The molecule has 4 aromatic rings. The number of hydrogen-bond donors (Lipinski definition) is 0. The Morgan fingerprint density at radius 1 is 1.05 bits per heavy atom. The second-order valence-electron chi connectivity index (χ2n) is 10.0. The average molecular weight is 618 g/mol. The minimum absolute atomic E-state index is 0.0618. The lowest BCUT2D eigenvalue weighted by molar-refractivity contribution is -0.380. The largest absolute Gasteiger partial charge is 0.324 e. The van der Waals surface area contributed by atoms with Crippen LogP contribution in [0.15, 0.2) is 64.6 Å². The molecule has 0 atom stereocenters. The normalized spacial score (nSPS) is 12.3. The van der Waals surface area contributed by atoms with Gasteiger partial charge in [-0.05, 0) is 60.4 Å². The molecule has 0 aliphatic carbocycles. The first kappa shape index (κ1) is 30.4. The number of carbonyl (C=O) groups excluding carboxylic acids is 1. The first-order chi connectivity index (χ1) is 19.3. The highest BCUT2D eigenvalue weighted by molar-refractivity contribution is 7.89. The Morgan fingerprint density at radius 3 is 2.29 bits per heavy atom. The number of carbonyl (C=O) groups is 1. The number of halogens is 1. The number of amides is 1. The third-order valence-electron chi connectivity index (χ3n) is 5.68. The van der Waals surface area contributed by atoms with Gasteiger partial charge in [0.15, 0.2) is 0 Å². The fourth-order valence-corrected chi connectivity index (χ4v) is 7.32. The predicted octanol–water partition coefficient (Wildman–Crippen LogP) is 6.39. The number of thiazole rings is 1. The summed E-state index contributed by atoms with van der Waals surface area (Å²) in [6, 6.07) is 12.5. The summed E-state index contributed by atoms with van der Waals surface area (Å²) in [5.74, 6) is -0.816. The minimum atomic E-state index is -3.80. The Kier molecular flexibility index (Phi) is 9.27. The summed E-state index contributed by atoms with van der Waals surface area (Å²) in [6.07, 6.45) is 1.30. The van der Waals surface area contributed by atoms with E-state index in [2.05, 4.69) is 10.1 Å². The number of fused-ring (bicyclic) bond motifs is 1. The van der Waals surface area contributed by atoms with Crippen molar-refractivity contribution in [1.82, 2.24) is 9.29 Å². The van der Waals surface area contributed by atoms with Gasteiger partial charge in [-0.3, -0.25) is 14.9 Å². The molecule has 2 aromatic carbocycles. The molecule has 0 aliphatic heterocycles. The van der Waals surface area contributed by atoms with E-state index in [0.29, 0.717) is 28.2 Å². The predicted molar refractivity (Wildman–Crippen MR) is 160 cm³/mol. The first-order valence-corrected chi connectivity index (χ1v) is 15.7. The van der Waals surface area contributed by atoms with Crippen LogP contribution in [-0.2, 0) is 10.0 Å². The van der Waals surface area contributed by atoms with Crippen molar-refractivity contribution in [3.63, 3.8) is 0 Å². The molecule has 0 spiro atoms. The fraction of sp³-hybridized carbons (Fsp3) is 0.296. The summed E-state index contributed by atoms with van der Waals surface area (Å²) in [6.45, 7) is 8.52. The minimum Gasteiger partial charge on any atom is -0.267 e. The monoisotopic (exact) mass is 617 g/mol. The Bertz CT molecular complexity index is 1690. The lowest BCUT2D eigenvalue weighted by atomic mass is 10.2. The van der Waals surface area contributed by atoms with Crippen LogP contribution in [-0.4, -0.2) is 47.8 Å². The molecule has 2 aromatic heterocycles. The Balaban J connectivity index is 1.69. The maximum Gasteiger partial charge on any atom is 0.324 e. The molecule has 0 unspecified atom stereocenters. The zero-order valence-electron chi connectivity index (χ0n) is 22.7. The summed E-state index contributed by atoms with van der Waals surface area (Å²) in [5, 5.41) is 16.4. The van der Waals surface area contributed by atoms with Gasteiger partial charge in [0, 0.05) is 24.7 Å². The maximum atomic E-state index is 13.8. The molecule has 1 amide bonds. The van der Waals surface area contributed by atoms with E-state index in [0.717, 1.165) is 27.7 Å². The number of sulfonamides is 1. The molecule has 14 heteroatoms. The SMILES string of the molecule is CC(C)CN(CC(C)C)S(=O)(=O)c1ccc(C(=O)N(/N=C/c2ccc([N+](=O)[O-])s2)c2nc3ccc(F)cc3s2)cc1. The molecule has 0 saturated carbocycles.